The minimum Gasteiger partial charge on any atom is -0.303 e. The van der Waals surface area contributed by atoms with Gasteiger partial charge in [-0.1, -0.05) is 34.1 Å². The van der Waals surface area contributed by atoms with Gasteiger partial charge in [-0.15, -0.1) is 0 Å². The van der Waals surface area contributed by atoms with Crippen molar-refractivity contribution in [3.8, 4) is 0 Å². The second-order valence-electron chi connectivity index (χ2n) is 5.34. The van der Waals surface area contributed by atoms with E-state index in [4.69, 9.17) is 0 Å². The molecular weight excluding hydrogens is 314 g/mol. The van der Waals surface area contributed by atoms with Crippen LogP contribution in [0.1, 0.15) is 48.4 Å². The van der Waals surface area contributed by atoms with Crippen molar-refractivity contribution in [3.63, 3.8) is 0 Å². The van der Waals surface area contributed by atoms with Gasteiger partial charge in [-0.3, -0.25) is 4.68 Å². The molecular formula is C16H22BrN3. The third kappa shape index (κ3) is 2.96. The Bertz CT molecular complexity index is 604. The van der Waals surface area contributed by atoms with Crippen LogP contribution in [0.2, 0.25) is 0 Å². The van der Waals surface area contributed by atoms with Gasteiger partial charge in [-0.25, -0.2) is 0 Å². The first-order valence-corrected chi connectivity index (χ1v) is 7.71. The molecule has 1 N–H and O–H groups in total. The van der Waals surface area contributed by atoms with Gasteiger partial charge in [0.2, 0.25) is 0 Å². The molecule has 0 fully saturated rings. The maximum absolute atomic E-state index is 4.50. The molecule has 20 heavy (non-hydrogen) atoms. The van der Waals surface area contributed by atoms with Crippen LogP contribution in [0.5, 0.6) is 0 Å². The number of aryl methyl sites for hydroxylation is 2. The number of hydrogen-bond acceptors (Lipinski definition) is 2. The van der Waals surface area contributed by atoms with Gasteiger partial charge in [0.05, 0.1) is 5.69 Å². The molecule has 0 aliphatic carbocycles. The van der Waals surface area contributed by atoms with E-state index in [1.54, 1.807) is 0 Å². The number of aromatic nitrogens is 2. The van der Waals surface area contributed by atoms with E-state index >= 15 is 0 Å². The number of nitrogens with one attached hydrogen (secondary N) is 1. The van der Waals surface area contributed by atoms with Crippen molar-refractivity contribution in [3.05, 3.63) is 51.3 Å². The summed E-state index contributed by atoms with van der Waals surface area (Å²) < 4.78 is 3.10. The van der Waals surface area contributed by atoms with E-state index < -0.39 is 0 Å². The van der Waals surface area contributed by atoms with E-state index in [0.717, 1.165) is 10.2 Å². The van der Waals surface area contributed by atoms with E-state index in [-0.39, 0.29) is 12.1 Å². The Morgan fingerprint density at radius 3 is 2.35 bits per heavy atom. The summed E-state index contributed by atoms with van der Waals surface area (Å²) in [6.45, 7) is 8.59. The zero-order valence-electron chi connectivity index (χ0n) is 12.7. The molecule has 3 nitrogen and oxygen atoms in total. The molecule has 0 saturated heterocycles. The third-order valence-electron chi connectivity index (χ3n) is 3.87. The summed E-state index contributed by atoms with van der Waals surface area (Å²) in [6.07, 6.45) is 0. The zero-order chi connectivity index (χ0) is 14.9. The Morgan fingerprint density at radius 1 is 1.15 bits per heavy atom. The third-order valence-corrected chi connectivity index (χ3v) is 4.59. The van der Waals surface area contributed by atoms with E-state index in [0.29, 0.717) is 0 Å². The highest BCUT2D eigenvalue weighted by atomic mass is 79.9. The van der Waals surface area contributed by atoms with Crippen LogP contribution >= 0.6 is 15.9 Å². The van der Waals surface area contributed by atoms with Gasteiger partial charge >= 0.3 is 0 Å². The van der Waals surface area contributed by atoms with Crippen LogP contribution in [0.4, 0.5) is 0 Å². The summed E-state index contributed by atoms with van der Waals surface area (Å²) in [6, 6.07) is 8.89. The Morgan fingerprint density at radius 2 is 1.80 bits per heavy atom. The van der Waals surface area contributed by atoms with Crippen LogP contribution in [-0.4, -0.2) is 9.78 Å². The van der Waals surface area contributed by atoms with E-state index in [2.05, 4.69) is 72.2 Å². The quantitative estimate of drug-likeness (QED) is 0.906. The minimum atomic E-state index is 0.269. The number of hydrogen-bond donors (Lipinski definition) is 1. The molecule has 0 saturated carbocycles. The fraction of sp³-hybridized carbons (Fsp3) is 0.438. The van der Waals surface area contributed by atoms with Gasteiger partial charge in [0.25, 0.3) is 0 Å². The maximum atomic E-state index is 4.50. The molecule has 0 radical (unpaired) electrons. The smallest absolute Gasteiger partial charge is 0.0644 e. The Labute approximate surface area is 129 Å². The second-order valence-corrected chi connectivity index (χ2v) is 6.19. The van der Waals surface area contributed by atoms with Crippen LogP contribution in [0, 0.1) is 13.8 Å². The number of rotatable bonds is 4. The van der Waals surface area contributed by atoms with E-state index in [9.17, 15) is 0 Å². The zero-order valence-corrected chi connectivity index (χ0v) is 14.3. The van der Waals surface area contributed by atoms with Gasteiger partial charge in [0, 0.05) is 34.9 Å². The SMILES string of the molecule is Cc1nn(C)c(C)c1C(C)N[C@@H](C)c1ccccc1Br. The fourth-order valence-electron chi connectivity index (χ4n) is 2.79. The summed E-state index contributed by atoms with van der Waals surface area (Å²) in [4.78, 5) is 0. The molecule has 2 aromatic rings. The lowest BCUT2D eigenvalue weighted by Crippen LogP contribution is -2.23. The molecule has 4 heteroatoms. The van der Waals surface area contributed by atoms with Crippen molar-refractivity contribution in [2.24, 2.45) is 7.05 Å². The van der Waals surface area contributed by atoms with Crippen molar-refractivity contribution < 1.29 is 0 Å². The average Bonchev–Trinajstić information content (AvgIpc) is 2.63. The number of benzene rings is 1. The highest BCUT2D eigenvalue weighted by Gasteiger charge is 2.19. The lowest BCUT2D eigenvalue weighted by Gasteiger charge is -2.22. The lowest BCUT2D eigenvalue weighted by molar-refractivity contribution is 0.490. The maximum Gasteiger partial charge on any atom is 0.0644 e. The van der Waals surface area contributed by atoms with Crippen LogP contribution in [0.15, 0.2) is 28.7 Å². The van der Waals surface area contributed by atoms with Gasteiger partial charge in [-0.2, -0.15) is 5.10 Å². The largest absolute Gasteiger partial charge is 0.303 e. The van der Waals surface area contributed by atoms with Gasteiger partial charge in [0.15, 0.2) is 0 Å². The molecule has 0 aliphatic heterocycles. The minimum absolute atomic E-state index is 0.269. The average molecular weight is 336 g/mol. The Balaban J connectivity index is 2.19. The van der Waals surface area contributed by atoms with E-state index in [1.807, 2.05) is 17.8 Å². The Kier molecular flexibility index (Phi) is 4.66. The standard InChI is InChI=1S/C16H22BrN3/c1-10(14-8-6-7-9-15(14)17)18-11(2)16-12(3)19-20(5)13(16)4/h6-11,18H,1-5H3/t10-,11?/m0/s1. The van der Waals surface area contributed by atoms with E-state index in [1.165, 1.54) is 16.8 Å². The van der Waals surface area contributed by atoms with Crippen molar-refractivity contribution in [1.29, 1.82) is 0 Å². The summed E-state index contributed by atoms with van der Waals surface area (Å²) in [7, 11) is 2.00. The summed E-state index contributed by atoms with van der Waals surface area (Å²) in [5.74, 6) is 0. The van der Waals surface area contributed by atoms with Crippen LogP contribution in [0.3, 0.4) is 0 Å². The van der Waals surface area contributed by atoms with Crippen molar-refractivity contribution >= 4 is 15.9 Å². The summed E-state index contributed by atoms with van der Waals surface area (Å²) in [5.41, 5.74) is 4.90. The van der Waals surface area contributed by atoms with Crippen LogP contribution in [-0.2, 0) is 7.05 Å². The van der Waals surface area contributed by atoms with Crippen LogP contribution in [0.25, 0.3) is 0 Å². The van der Waals surface area contributed by atoms with Gasteiger partial charge < -0.3 is 5.32 Å². The topological polar surface area (TPSA) is 29.9 Å². The lowest BCUT2D eigenvalue weighted by atomic mass is 10.0. The molecule has 2 atom stereocenters. The predicted molar refractivity (Wildman–Crippen MR) is 86.8 cm³/mol. The summed E-state index contributed by atoms with van der Waals surface area (Å²) >= 11 is 3.62. The molecule has 108 valence electrons. The van der Waals surface area contributed by atoms with Crippen LogP contribution < -0.4 is 5.32 Å². The molecule has 0 spiro atoms. The van der Waals surface area contributed by atoms with Gasteiger partial charge in [0.1, 0.15) is 0 Å². The number of halogens is 1. The monoisotopic (exact) mass is 335 g/mol. The molecule has 2 rings (SSSR count). The second kappa shape index (κ2) is 6.10. The molecule has 0 aliphatic rings. The molecule has 1 unspecified atom stereocenters. The fourth-order valence-corrected chi connectivity index (χ4v) is 3.42. The molecule has 0 bridgehead atoms. The Hall–Kier alpha value is -1.13. The van der Waals surface area contributed by atoms with Crippen molar-refractivity contribution in [2.45, 2.75) is 39.8 Å². The first-order chi connectivity index (χ1) is 9.41. The first-order valence-electron chi connectivity index (χ1n) is 6.92. The first kappa shape index (κ1) is 15.3. The normalized spacial score (nSPS) is 14.3. The molecule has 1 aromatic carbocycles. The highest BCUT2D eigenvalue weighted by molar-refractivity contribution is 9.10. The molecule has 1 heterocycles. The van der Waals surface area contributed by atoms with Gasteiger partial charge in [-0.05, 0) is 39.3 Å². The highest BCUT2D eigenvalue weighted by Crippen LogP contribution is 2.27. The number of nitrogens with zero attached hydrogens (tertiary/aromatic N) is 2. The molecule has 0 amide bonds. The van der Waals surface area contributed by atoms with Crippen molar-refractivity contribution in [1.82, 2.24) is 15.1 Å². The predicted octanol–water partition coefficient (Wildman–Crippen LogP) is 4.21. The molecule has 1 aromatic heterocycles. The van der Waals surface area contributed by atoms with Crippen molar-refractivity contribution in [2.75, 3.05) is 0 Å². The summed E-state index contributed by atoms with van der Waals surface area (Å²) in [5, 5.41) is 8.16.